The fraction of sp³-hybridized carbons (Fsp3) is 0.360. The van der Waals surface area contributed by atoms with Gasteiger partial charge in [-0.05, 0) is 56.6 Å². The Morgan fingerprint density at radius 2 is 1.48 bits per heavy atom. The van der Waals surface area contributed by atoms with Crippen molar-refractivity contribution in [1.82, 2.24) is 24.1 Å². The molecule has 0 aliphatic carbocycles. The van der Waals surface area contributed by atoms with Gasteiger partial charge in [-0.3, -0.25) is 14.2 Å². The molecule has 33 heavy (non-hydrogen) atoms. The number of carbonyl (C=O) groups is 1. The molecule has 1 fully saturated rings. The summed E-state index contributed by atoms with van der Waals surface area (Å²) in [5, 5.41) is 4.30. The number of piperazine rings is 1. The normalized spacial score (nSPS) is 14.5. The van der Waals surface area contributed by atoms with E-state index in [1.165, 1.54) is 4.68 Å². The first kappa shape index (κ1) is 22.7. The first-order valence-electron chi connectivity index (χ1n) is 11.1. The third-order valence-corrected chi connectivity index (χ3v) is 5.97. The zero-order valence-corrected chi connectivity index (χ0v) is 19.5. The largest absolute Gasteiger partial charge is 0.352 e. The van der Waals surface area contributed by atoms with Crippen LogP contribution in [0, 0.1) is 20.8 Å². The van der Waals surface area contributed by atoms with Crippen LogP contribution in [0.5, 0.6) is 0 Å². The Morgan fingerprint density at radius 3 is 2.09 bits per heavy atom. The summed E-state index contributed by atoms with van der Waals surface area (Å²) in [5.41, 5.74) is 2.87. The van der Waals surface area contributed by atoms with Crippen molar-refractivity contribution < 1.29 is 4.79 Å². The van der Waals surface area contributed by atoms with Gasteiger partial charge in [0.25, 0.3) is 11.5 Å². The number of hydrogen-bond donors (Lipinski definition) is 0. The molecule has 1 amide bonds. The van der Waals surface area contributed by atoms with Gasteiger partial charge in [0, 0.05) is 26.2 Å². The highest BCUT2D eigenvalue weighted by Crippen LogP contribution is 2.12. The minimum atomic E-state index is -0.662. The van der Waals surface area contributed by atoms with Crippen LogP contribution in [0.1, 0.15) is 32.7 Å². The molecule has 1 aliphatic heterocycles. The fourth-order valence-corrected chi connectivity index (χ4v) is 4.06. The average molecular weight is 448 g/mol. The van der Waals surface area contributed by atoms with E-state index in [-0.39, 0.29) is 12.2 Å². The maximum absolute atomic E-state index is 13.4. The van der Waals surface area contributed by atoms with E-state index in [2.05, 4.69) is 10.00 Å². The van der Waals surface area contributed by atoms with E-state index in [1.807, 2.05) is 70.3 Å². The second kappa shape index (κ2) is 9.15. The lowest BCUT2D eigenvalue weighted by atomic mass is 10.1. The zero-order valence-electron chi connectivity index (χ0n) is 19.5. The Hall–Kier alpha value is -3.52. The summed E-state index contributed by atoms with van der Waals surface area (Å²) in [5.74, 6) is -0.441. The lowest BCUT2D eigenvalue weighted by molar-refractivity contribution is 0.0652. The lowest BCUT2D eigenvalue weighted by Gasteiger charge is -2.32. The fourth-order valence-electron chi connectivity index (χ4n) is 4.06. The van der Waals surface area contributed by atoms with Crippen molar-refractivity contribution in [1.29, 1.82) is 0 Å². The lowest BCUT2D eigenvalue weighted by Crippen LogP contribution is -2.51. The quantitative estimate of drug-likeness (QED) is 0.609. The number of aryl methyl sites for hydroxylation is 3. The smallest absolute Gasteiger partial charge is 0.335 e. The molecule has 0 radical (unpaired) electrons. The number of benzene rings is 2. The Kier molecular flexibility index (Phi) is 6.29. The number of likely N-dealkylation sites (N-methyl/N-ethyl adjacent to an activating group) is 1. The monoisotopic (exact) mass is 447 g/mol. The maximum atomic E-state index is 13.4. The van der Waals surface area contributed by atoms with Crippen LogP contribution in [0.3, 0.4) is 0 Å². The molecule has 1 aliphatic rings. The van der Waals surface area contributed by atoms with Crippen molar-refractivity contribution in [2.45, 2.75) is 27.3 Å². The molecule has 4 rings (SSSR count). The number of carbonyl (C=O) groups excluding carboxylic acids is 1. The van der Waals surface area contributed by atoms with E-state index in [9.17, 15) is 14.4 Å². The highest BCUT2D eigenvalue weighted by atomic mass is 16.2. The van der Waals surface area contributed by atoms with Gasteiger partial charge in [0.1, 0.15) is 0 Å². The Morgan fingerprint density at radius 1 is 0.879 bits per heavy atom. The molecule has 0 spiro atoms. The van der Waals surface area contributed by atoms with E-state index in [0.717, 1.165) is 39.9 Å². The van der Waals surface area contributed by atoms with Crippen LogP contribution in [0.2, 0.25) is 0 Å². The van der Waals surface area contributed by atoms with Gasteiger partial charge < -0.3 is 9.80 Å². The van der Waals surface area contributed by atoms with E-state index in [4.69, 9.17) is 0 Å². The second-order valence-corrected chi connectivity index (χ2v) is 8.86. The number of aromatic nitrogens is 3. The van der Waals surface area contributed by atoms with Gasteiger partial charge in [-0.15, -0.1) is 0 Å². The Bertz CT molecular complexity index is 1280. The summed E-state index contributed by atoms with van der Waals surface area (Å²) in [4.78, 5) is 43.9. The third kappa shape index (κ3) is 4.80. The molecule has 8 heteroatoms. The molecule has 8 nitrogen and oxygen atoms in total. The summed E-state index contributed by atoms with van der Waals surface area (Å²) >= 11 is 0. The van der Waals surface area contributed by atoms with Gasteiger partial charge >= 0.3 is 5.69 Å². The molecule has 172 valence electrons. The van der Waals surface area contributed by atoms with Crippen molar-refractivity contribution >= 4 is 5.91 Å². The molecule has 1 saturated heterocycles. The molecular formula is C25H29N5O3. The predicted molar refractivity (Wildman–Crippen MR) is 127 cm³/mol. The summed E-state index contributed by atoms with van der Waals surface area (Å²) in [7, 11) is 1.99. The van der Waals surface area contributed by atoms with E-state index in [1.54, 1.807) is 4.90 Å². The molecule has 0 saturated carbocycles. The highest BCUT2D eigenvalue weighted by Gasteiger charge is 2.27. The topological polar surface area (TPSA) is 80.4 Å². The maximum Gasteiger partial charge on any atom is 0.352 e. The first-order valence-corrected chi connectivity index (χ1v) is 11.1. The molecule has 2 aromatic carbocycles. The molecule has 0 unspecified atom stereocenters. The Balaban J connectivity index is 1.86. The summed E-state index contributed by atoms with van der Waals surface area (Å²) in [6, 6.07) is 13.3. The standard InChI is InChI=1S/C25H29N5O3/c1-17-5-7-20(8-6-17)16-29-24(32)22(23(31)28-11-9-27(4)10-12-28)26-30(25(29)33)21-14-18(2)13-19(3)15-21/h5-8,13-15H,9-12,16H2,1-4H3. The van der Waals surface area contributed by atoms with Gasteiger partial charge in [-0.2, -0.15) is 9.78 Å². The minimum Gasteiger partial charge on any atom is -0.335 e. The number of amides is 1. The first-order chi connectivity index (χ1) is 15.7. The summed E-state index contributed by atoms with van der Waals surface area (Å²) < 4.78 is 2.29. The van der Waals surface area contributed by atoms with E-state index >= 15 is 0 Å². The number of hydrogen-bond acceptors (Lipinski definition) is 5. The van der Waals surface area contributed by atoms with Crippen LogP contribution in [0.25, 0.3) is 5.69 Å². The van der Waals surface area contributed by atoms with Crippen LogP contribution in [0.4, 0.5) is 0 Å². The molecule has 0 N–H and O–H groups in total. The minimum absolute atomic E-state index is 0.0638. The SMILES string of the molecule is Cc1ccc(Cn2c(=O)c(C(=O)N3CCN(C)CC3)nn(-c3cc(C)cc(C)c3)c2=O)cc1. The molecular weight excluding hydrogens is 418 g/mol. The van der Waals surface area contributed by atoms with Gasteiger partial charge in [-0.25, -0.2) is 4.79 Å². The summed E-state index contributed by atoms with van der Waals surface area (Å²) in [6.45, 7) is 8.37. The Labute approximate surface area is 192 Å². The second-order valence-electron chi connectivity index (χ2n) is 8.86. The van der Waals surface area contributed by atoms with Gasteiger partial charge in [0.15, 0.2) is 0 Å². The van der Waals surface area contributed by atoms with E-state index in [0.29, 0.717) is 18.8 Å². The van der Waals surface area contributed by atoms with Crippen LogP contribution in [0.15, 0.2) is 52.1 Å². The zero-order chi connectivity index (χ0) is 23.7. The molecule has 0 atom stereocenters. The van der Waals surface area contributed by atoms with Gasteiger partial charge in [0.05, 0.1) is 12.2 Å². The molecule has 2 heterocycles. The van der Waals surface area contributed by atoms with Gasteiger partial charge in [-0.1, -0.05) is 35.9 Å². The predicted octanol–water partition coefficient (Wildman–Crippen LogP) is 1.76. The van der Waals surface area contributed by atoms with Gasteiger partial charge in [0.2, 0.25) is 5.69 Å². The third-order valence-electron chi connectivity index (χ3n) is 5.97. The average Bonchev–Trinajstić information content (AvgIpc) is 2.77. The van der Waals surface area contributed by atoms with Crippen LogP contribution in [-0.2, 0) is 6.54 Å². The van der Waals surface area contributed by atoms with Crippen LogP contribution in [-0.4, -0.2) is 63.3 Å². The number of nitrogens with zero attached hydrogens (tertiary/aromatic N) is 5. The molecule has 3 aromatic rings. The number of rotatable bonds is 4. The van der Waals surface area contributed by atoms with E-state index < -0.39 is 17.2 Å². The highest BCUT2D eigenvalue weighted by molar-refractivity contribution is 5.92. The van der Waals surface area contributed by atoms with Crippen LogP contribution < -0.4 is 11.2 Å². The summed E-state index contributed by atoms with van der Waals surface area (Å²) in [6.07, 6.45) is 0. The van der Waals surface area contributed by atoms with Crippen LogP contribution >= 0.6 is 0 Å². The van der Waals surface area contributed by atoms with Crippen molar-refractivity contribution in [3.05, 3.63) is 91.3 Å². The van der Waals surface area contributed by atoms with Crippen molar-refractivity contribution in [3.8, 4) is 5.69 Å². The van der Waals surface area contributed by atoms with Crippen molar-refractivity contribution in [2.75, 3.05) is 33.2 Å². The molecule has 1 aromatic heterocycles. The van der Waals surface area contributed by atoms with Crippen molar-refractivity contribution in [2.24, 2.45) is 0 Å². The molecule has 0 bridgehead atoms. The van der Waals surface area contributed by atoms with Crippen molar-refractivity contribution in [3.63, 3.8) is 0 Å².